The van der Waals surface area contributed by atoms with E-state index in [1.54, 1.807) is 13.1 Å². The molecule has 1 aromatic rings. The van der Waals surface area contributed by atoms with E-state index in [0.29, 0.717) is 18.7 Å². The molecule has 2 atom stereocenters. The van der Waals surface area contributed by atoms with Gasteiger partial charge in [-0.05, 0) is 19.1 Å². The molecule has 1 saturated carbocycles. The summed E-state index contributed by atoms with van der Waals surface area (Å²) >= 11 is 0. The molecule has 2 rings (SSSR count). The van der Waals surface area contributed by atoms with Gasteiger partial charge in [-0.25, -0.2) is 4.39 Å². The van der Waals surface area contributed by atoms with Crippen LogP contribution in [-0.2, 0) is 9.53 Å². The maximum Gasteiger partial charge on any atom is 0.247 e. The number of halogens is 1. The zero-order valence-corrected chi connectivity index (χ0v) is 14.4. The highest BCUT2D eigenvalue weighted by atomic mass is 19.1. The monoisotopic (exact) mass is 324 g/mol. The number of hydrogen-bond donors (Lipinski definition) is 1. The average molecular weight is 324 g/mol. The Kier molecular flexibility index (Phi) is 4.69. The van der Waals surface area contributed by atoms with E-state index in [2.05, 4.69) is 0 Å². The van der Waals surface area contributed by atoms with Crippen LogP contribution in [0.15, 0.2) is 18.2 Å². The van der Waals surface area contributed by atoms with Gasteiger partial charge in [0.05, 0.1) is 13.2 Å². The van der Waals surface area contributed by atoms with Crippen LogP contribution in [0.5, 0.6) is 5.75 Å². The fourth-order valence-corrected chi connectivity index (χ4v) is 3.08. The summed E-state index contributed by atoms with van der Waals surface area (Å²) in [6.45, 7) is 6.35. The fraction of sp³-hybridized carbons (Fsp3) is 0.588. The number of carbonyl (C=O) groups is 1. The van der Waals surface area contributed by atoms with Gasteiger partial charge in [0.25, 0.3) is 0 Å². The molecule has 0 aromatic heterocycles. The van der Waals surface area contributed by atoms with Gasteiger partial charge in [-0.2, -0.15) is 0 Å². The summed E-state index contributed by atoms with van der Waals surface area (Å²) in [6, 6.07) is 4.40. The van der Waals surface area contributed by atoms with Crippen LogP contribution in [0.3, 0.4) is 0 Å². The molecular weight excluding hydrogens is 299 g/mol. The molecule has 1 aliphatic rings. The number of benzene rings is 1. The summed E-state index contributed by atoms with van der Waals surface area (Å²) in [5.74, 6) is -0.628. The number of methoxy groups -OCH3 is 1. The van der Waals surface area contributed by atoms with Crippen molar-refractivity contribution in [1.82, 2.24) is 0 Å². The SMILES string of the molecule is CCOC1CC(N)(C(=O)N(C)c2ccc(OC)c(F)c2)C1(C)C. The molecule has 128 valence electrons. The van der Waals surface area contributed by atoms with Gasteiger partial charge in [0, 0.05) is 37.2 Å². The Morgan fingerprint density at radius 3 is 2.61 bits per heavy atom. The molecule has 0 saturated heterocycles. The second kappa shape index (κ2) is 6.09. The van der Waals surface area contributed by atoms with E-state index < -0.39 is 16.8 Å². The number of nitrogens with two attached hydrogens (primary N) is 1. The van der Waals surface area contributed by atoms with E-state index in [9.17, 15) is 9.18 Å². The van der Waals surface area contributed by atoms with Crippen LogP contribution >= 0.6 is 0 Å². The van der Waals surface area contributed by atoms with Gasteiger partial charge in [0.2, 0.25) is 5.91 Å². The number of anilines is 1. The number of ether oxygens (including phenoxy) is 2. The Balaban J connectivity index is 2.22. The number of rotatable bonds is 5. The minimum Gasteiger partial charge on any atom is -0.494 e. The highest BCUT2D eigenvalue weighted by Gasteiger charge is 2.63. The van der Waals surface area contributed by atoms with Gasteiger partial charge in [0.1, 0.15) is 5.54 Å². The zero-order chi connectivity index (χ0) is 17.4. The minimum atomic E-state index is -1.03. The molecule has 0 radical (unpaired) electrons. The number of nitrogens with zero attached hydrogens (tertiary/aromatic N) is 1. The van der Waals surface area contributed by atoms with E-state index in [1.165, 1.54) is 24.1 Å². The van der Waals surface area contributed by atoms with Gasteiger partial charge < -0.3 is 20.1 Å². The van der Waals surface area contributed by atoms with E-state index in [1.807, 2.05) is 20.8 Å². The third-order valence-electron chi connectivity index (χ3n) is 5.04. The van der Waals surface area contributed by atoms with Crippen LogP contribution in [0.4, 0.5) is 10.1 Å². The van der Waals surface area contributed by atoms with E-state index in [-0.39, 0.29) is 17.8 Å². The molecular formula is C17H25FN2O3. The lowest BCUT2D eigenvalue weighted by Gasteiger charge is -2.58. The molecule has 1 fully saturated rings. The number of amides is 1. The summed E-state index contributed by atoms with van der Waals surface area (Å²) < 4.78 is 24.4. The zero-order valence-electron chi connectivity index (χ0n) is 14.4. The van der Waals surface area contributed by atoms with Crippen molar-refractivity contribution in [3.63, 3.8) is 0 Å². The third-order valence-corrected chi connectivity index (χ3v) is 5.04. The number of hydrogen-bond acceptors (Lipinski definition) is 4. The molecule has 1 amide bonds. The lowest BCUT2D eigenvalue weighted by molar-refractivity contribution is -0.168. The van der Waals surface area contributed by atoms with Crippen molar-refractivity contribution in [2.75, 3.05) is 25.7 Å². The van der Waals surface area contributed by atoms with Gasteiger partial charge in [-0.3, -0.25) is 4.79 Å². The largest absolute Gasteiger partial charge is 0.494 e. The molecule has 2 N–H and O–H groups in total. The molecule has 0 bridgehead atoms. The maximum absolute atomic E-state index is 13.9. The van der Waals surface area contributed by atoms with Gasteiger partial charge >= 0.3 is 0 Å². The molecule has 2 unspecified atom stereocenters. The van der Waals surface area contributed by atoms with Gasteiger partial charge in [0.15, 0.2) is 11.6 Å². The molecule has 5 nitrogen and oxygen atoms in total. The Morgan fingerprint density at radius 2 is 2.13 bits per heavy atom. The van der Waals surface area contributed by atoms with Crippen molar-refractivity contribution < 1.29 is 18.7 Å². The Bertz CT molecular complexity index is 606. The van der Waals surface area contributed by atoms with Crippen LogP contribution in [0, 0.1) is 11.2 Å². The molecule has 1 aliphatic carbocycles. The summed E-state index contributed by atoms with van der Waals surface area (Å²) in [5, 5.41) is 0. The van der Waals surface area contributed by atoms with Crippen molar-refractivity contribution in [2.24, 2.45) is 11.1 Å². The fourth-order valence-electron chi connectivity index (χ4n) is 3.08. The topological polar surface area (TPSA) is 64.8 Å². The standard InChI is InChI=1S/C17H25FN2O3/c1-6-23-14-10-17(19,16(14,2)3)15(21)20(4)11-7-8-13(22-5)12(18)9-11/h7-9,14H,6,10,19H2,1-5H3. The maximum atomic E-state index is 13.9. The highest BCUT2D eigenvalue weighted by Crippen LogP contribution is 2.50. The van der Waals surface area contributed by atoms with Crippen LogP contribution in [-0.4, -0.2) is 38.3 Å². The smallest absolute Gasteiger partial charge is 0.247 e. The normalized spacial score (nSPS) is 25.6. The Hall–Kier alpha value is -1.66. The average Bonchev–Trinajstić information content (AvgIpc) is 2.52. The Morgan fingerprint density at radius 1 is 1.48 bits per heavy atom. The lowest BCUT2D eigenvalue weighted by atomic mass is 9.54. The molecule has 0 spiro atoms. The van der Waals surface area contributed by atoms with E-state index >= 15 is 0 Å². The first-order chi connectivity index (χ1) is 10.7. The summed E-state index contributed by atoms with van der Waals surface area (Å²) in [6.07, 6.45) is 0.401. The number of carbonyl (C=O) groups excluding carboxylic acids is 1. The molecule has 0 aliphatic heterocycles. The van der Waals surface area contributed by atoms with Gasteiger partial charge in [-0.1, -0.05) is 13.8 Å². The molecule has 6 heteroatoms. The van der Waals surface area contributed by atoms with Gasteiger partial charge in [-0.15, -0.1) is 0 Å². The molecule has 0 heterocycles. The first-order valence-corrected chi connectivity index (χ1v) is 7.71. The van der Waals surface area contributed by atoms with Crippen molar-refractivity contribution in [3.8, 4) is 5.75 Å². The van der Waals surface area contributed by atoms with Crippen LogP contribution in [0.1, 0.15) is 27.2 Å². The summed E-state index contributed by atoms with van der Waals surface area (Å²) in [4.78, 5) is 14.3. The Labute approximate surface area is 136 Å². The first-order valence-electron chi connectivity index (χ1n) is 7.71. The number of likely N-dealkylation sites (N-methyl/N-ethyl adjacent to an activating group) is 1. The highest BCUT2D eigenvalue weighted by molar-refractivity contribution is 6.01. The summed E-state index contributed by atoms with van der Waals surface area (Å²) in [7, 11) is 2.99. The van der Waals surface area contributed by atoms with E-state index in [0.717, 1.165) is 0 Å². The second-order valence-electron chi connectivity index (χ2n) is 6.52. The predicted octanol–water partition coefficient (Wildman–Crippen LogP) is 2.33. The minimum absolute atomic E-state index is 0.0533. The third kappa shape index (κ3) is 2.70. The van der Waals surface area contributed by atoms with E-state index in [4.69, 9.17) is 15.2 Å². The second-order valence-corrected chi connectivity index (χ2v) is 6.52. The van der Waals surface area contributed by atoms with Crippen LogP contribution < -0.4 is 15.4 Å². The molecule has 1 aromatic carbocycles. The van der Waals surface area contributed by atoms with Crippen molar-refractivity contribution in [3.05, 3.63) is 24.0 Å². The quantitative estimate of drug-likeness (QED) is 0.903. The lowest BCUT2D eigenvalue weighted by Crippen LogP contribution is -2.76. The molecule has 23 heavy (non-hydrogen) atoms. The van der Waals surface area contributed by atoms with Crippen molar-refractivity contribution >= 4 is 11.6 Å². The van der Waals surface area contributed by atoms with Crippen LogP contribution in [0.2, 0.25) is 0 Å². The van der Waals surface area contributed by atoms with Crippen LogP contribution in [0.25, 0.3) is 0 Å². The first kappa shape index (κ1) is 17.7. The predicted molar refractivity (Wildman–Crippen MR) is 87.1 cm³/mol. The van der Waals surface area contributed by atoms with Crippen molar-refractivity contribution in [2.45, 2.75) is 38.8 Å². The van der Waals surface area contributed by atoms with Crippen molar-refractivity contribution in [1.29, 1.82) is 0 Å². The summed E-state index contributed by atoms with van der Waals surface area (Å²) in [5.41, 5.74) is 5.31.